The highest BCUT2D eigenvalue weighted by molar-refractivity contribution is 5.93. The fraction of sp³-hybridized carbons (Fsp3) is 0.462. The van der Waals surface area contributed by atoms with Gasteiger partial charge in [-0.05, 0) is 27.7 Å². The van der Waals surface area contributed by atoms with Crippen LogP contribution in [0.5, 0.6) is 0 Å². The van der Waals surface area contributed by atoms with Gasteiger partial charge in [0.25, 0.3) is 0 Å². The first-order chi connectivity index (χ1) is 7.31. The topological polar surface area (TPSA) is 38.3 Å². The van der Waals surface area contributed by atoms with Gasteiger partial charge in [0.15, 0.2) is 0 Å². The molecule has 0 atom stereocenters. The van der Waals surface area contributed by atoms with Crippen LogP contribution in [0.15, 0.2) is 36.6 Å². The van der Waals surface area contributed by atoms with Crippen LogP contribution in [0.3, 0.4) is 0 Å². The summed E-state index contributed by atoms with van der Waals surface area (Å²) in [5, 5.41) is 2.97. The molecule has 0 fully saturated rings. The maximum atomic E-state index is 11.8. The van der Waals surface area contributed by atoms with E-state index in [0.717, 1.165) is 0 Å². The van der Waals surface area contributed by atoms with Crippen molar-refractivity contribution in [3.8, 4) is 0 Å². The molecule has 0 saturated carbocycles. The molecule has 0 amide bonds. The van der Waals surface area contributed by atoms with Gasteiger partial charge >= 0.3 is 5.97 Å². The second kappa shape index (κ2) is 6.16. The minimum absolute atomic E-state index is 0.364. The van der Waals surface area contributed by atoms with Crippen molar-refractivity contribution in [3.05, 3.63) is 36.6 Å². The second-order valence-electron chi connectivity index (χ2n) is 4.35. The molecule has 0 aliphatic rings. The Labute approximate surface area is 97.9 Å². The van der Waals surface area contributed by atoms with Gasteiger partial charge < -0.3 is 10.1 Å². The smallest absolute Gasteiger partial charge is 0.340 e. The van der Waals surface area contributed by atoms with Crippen LogP contribution in [0.1, 0.15) is 27.7 Å². The summed E-state index contributed by atoms with van der Waals surface area (Å²) in [7, 11) is 0. The summed E-state index contributed by atoms with van der Waals surface area (Å²) in [6.45, 7) is 15.2. The lowest BCUT2D eigenvalue weighted by Gasteiger charge is -2.21. The fourth-order valence-corrected chi connectivity index (χ4v) is 1.04. The highest BCUT2D eigenvalue weighted by Gasteiger charge is 2.20. The van der Waals surface area contributed by atoms with Crippen LogP contribution in [0, 0.1) is 0 Å². The number of nitrogens with one attached hydrogen (secondary N) is 1. The van der Waals surface area contributed by atoms with E-state index in [0.29, 0.717) is 17.8 Å². The number of esters is 1. The minimum Gasteiger partial charge on any atom is -0.456 e. The number of carbonyl (C=O) groups excluding carboxylic acids is 1. The Bertz CT molecular complexity index is 308. The van der Waals surface area contributed by atoms with Crippen LogP contribution >= 0.6 is 0 Å². The van der Waals surface area contributed by atoms with E-state index in [-0.39, 0.29) is 5.97 Å². The molecule has 0 radical (unpaired) electrons. The zero-order valence-electron chi connectivity index (χ0n) is 10.6. The molecule has 1 N–H and O–H groups in total. The van der Waals surface area contributed by atoms with Crippen LogP contribution in [-0.2, 0) is 9.53 Å². The van der Waals surface area contributed by atoms with Crippen molar-refractivity contribution in [3.63, 3.8) is 0 Å². The fourth-order valence-electron chi connectivity index (χ4n) is 1.04. The molecule has 3 nitrogen and oxygen atoms in total. The summed E-state index contributed by atoms with van der Waals surface area (Å²) in [6.07, 6.45) is 3.39. The summed E-state index contributed by atoms with van der Waals surface area (Å²) in [6, 6.07) is 0. The average molecular weight is 223 g/mol. The van der Waals surface area contributed by atoms with Crippen molar-refractivity contribution in [1.82, 2.24) is 5.32 Å². The second-order valence-corrected chi connectivity index (χ2v) is 4.35. The highest BCUT2D eigenvalue weighted by atomic mass is 16.6. The van der Waals surface area contributed by atoms with Crippen LogP contribution in [0.2, 0.25) is 0 Å². The summed E-state index contributed by atoms with van der Waals surface area (Å²) in [5.41, 5.74) is 0.512. The van der Waals surface area contributed by atoms with E-state index in [1.54, 1.807) is 19.1 Å². The van der Waals surface area contributed by atoms with E-state index in [2.05, 4.69) is 18.5 Å². The zero-order valence-corrected chi connectivity index (χ0v) is 10.6. The molecular weight excluding hydrogens is 202 g/mol. The van der Waals surface area contributed by atoms with Crippen molar-refractivity contribution >= 4 is 5.97 Å². The summed E-state index contributed by atoms with van der Waals surface area (Å²) >= 11 is 0. The van der Waals surface area contributed by atoms with Gasteiger partial charge in [0.05, 0.1) is 5.57 Å². The maximum Gasteiger partial charge on any atom is 0.340 e. The van der Waals surface area contributed by atoms with E-state index in [4.69, 9.17) is 4.74 Å². The van der Waals surface area contributed by atoms with Gasteiger partial charge in [0.1, 0.15) is 5.60 Å². The molecule has 3 heteroatoms. The largest absolute Gasteiger partial charge is 0.456 e. The van der Waals surface area contributed by atoms with Crippen molar-refractivity contribution in [2.24, 2.45) is 0 Å². The standard InChI is InChI=1S/C13H21NO2/c1-7-9-14-10(3)11(8-2)12(15)16-13(4,5)6/h7-8,14H,1,3,9H2,2,4-6H3/b11-8-. The molecule has 0 bridgehead atoms. The lowest BCUT2D eigenvalue weighted by atomic mass is 10.1. The molecule has 0 heterocycles. The van der Waals surface area contributed by atoms with Crippen molar-refractivity contribution in [2.45, 2.75) is 33.3 Å². The van der Waals surface area contributed by atoms with Gasteiger partial charge in [-0.1, -0.05) is 18.7 Å². The third-order valence-corrected chi connectivity index (χ3v) is 1.69. The van der Waals surface area contributed by atoms with Crippen LogP contribution < -0.4 is 5.32 Å². The number of ether oxygens (including phenoxy) is 1. The Balaban J connectivity index is 4.57. The van der Waals surface area contributed by atoms with E-state index in [1.165, 1.54) is 0 Å². The van der Waals surface area contributed by atoms with Crippen LogP contribution in [0.25, 0.3) is 0 Å². The molecule has 0 aromatic rings. The first-order valence-corrected chi connectivity index (χ1v) is 5.25. The van der Waals surface area contributed by atoms with Crippen molar-refractivity contribution in [1.29, 1.82) is 0 Å². The Hall–Kier alpha value is -1.51. The average Bonchev–Trinajstić information content (AvgIpc) is 2.12. The third kappa shape index (κ3) is 5.39. The Morgan fingerprint density at radius 1 is 1.44 bits per heavy atom. The maximum absolute atomic E-state index is 11.8. The van der Waals surface area contributed by atoms with Gasteiger partial charge in [-0.3, -0.25) is 0 Å². The number of allylic oxidation sites excluding steroid dienone is 1. The Kier molecular flexibility index (Phi) is 5.57. The Morgan fingerprint density at radius 3 is 2.38 bits per heavy atom. The molecule has 0 saturated heterocycles. The summed E-state index contributed by atoms with van der Waals surface area (Å²) in [4.78, 5) is 11.8. The van der Waals surface area contributed by atoms with Gasteiger partial charge in [0.2, 0.25) is 0 Å². The molecule has 90 valence electrons. The van der Waals surface area contributed by atoms with Gasteiger partial charge in [-0.25, -0.2) is 4.79 Å². The van der Waals surface area contributed by atoms with E-state index >= 15 is 0 Å². The van der Waals surface area contributed by atoms with Gasteiger partial charge in [-0.15, -0.1) is 6.58 Å². The van der Waals surface area contributed by atoms with Crippen LogP contribution in [-0.4, -0.2) is 18.1 Å². The third-order valence-electron chi connectivity index (χ3n) is 1.69. The molecule has 0 aromatic heterocycles. The lowest BCUT2D eigenvalue weighted by molar-refractivity contribution is -0.149. The predicted molar refractivity (Wildman–Crippen MR) is 66.9 cm³/mol. The van der Waals surface area contributed by atoms with E-state index < -0.39 is 5.60 Å². The predicted octanol–water partition coefficient (Wildman–Crippen LogP) is 2.56. The van der Waals surface area contributed by atoms with Crippen LogP contribution in [0.4, 0.5) is 0 Å². The molecule has 0 spiro atoms. The molecule has 0 aliphatic heterocycles. The number of carbonyl (C=O) groups is 1. The minimum atomic E-state index is -0.496. The Morgan fingerprint density at radius 2 is 2.00 bits per heavy atom. The normalized spacial score (nSPS) is 11.9. The van der Waals surface area contributed by atoms with E-state index in [1.807, 2.05) is 20.8 Å². The number of hydrogen-bond acceptors (Lipinski definition) is 3. The molecular formula is C13H21NO2. The first-order valence-electron chi connectivity index (χ1n) is 5.25. The number of rotatable bonds is 5. The quantitative estimate of drug-likeness (QED) is 0.337. The zero-order chi connectivity index (χ0) is 12.8. The molecule has 0 rings (SSSR count). The number of hydrogen-bond donors (Lipinski definition) is 1. The molecule has 0 unspecified atom stereocenters. The highest BCUT2D eigenvalue weighted by Crippen LogP contribution is 2.14. The van der Waals surface area contributed by atoms with E-state index in [9.17, 15) is 4.79 Å². The molecule has 0 aliphatic carbocycles. The van der Waals surface area contributed by atoms with Gasteiger partial charge in [0, 0.05) is 12.2 Å². The monoisotopic (exact) mass is 223 g/mol. The summed E-state index contributed by atoms with van der Waals surface area (Å²) < 4.78 is 5.26. The molecule has 0 aromatic carbocycles. The molecule has 16 heavy (non-hydrogen) atoms. The SMILES string of the molecule is C=CCNC(=C)/C(=C/C)C(=O)OC(C)(C)C. The lowest BCUT2D eigenvalue weighted by Crippen LogP contribution is -2.27. The first kappa shape index (κ1) is 14.5. The van der Waals surface area contributed by atoms with Crippen molar-refractivity contribution in [2.75, 3.05) is 6.54 Å². The van der Waals surface area contributed by atoms with Gasteiger partial charge in [-0.2, -0.15) is 0 Å². The summed E-state index contributed by atoms with van der Waals surface area (Å²) in [5.74, 6) is -0.364. The van der Waals surface area contributed by atoms with Crippen molar-refractivity contribution < 1.29 is 9.53 Å².